The number of halogens is 1. The van der Waals surface area contributed by atoms with Gasteiger partial charge in [-0.3, -0.25) is 4.68 Å². The first-order valence-corrected chi connectivity index (χ1v) is 9.32. The maximum atomic E-state index is 12.4. The number of rotatable bonds is 5. The van der Waals surface area contributed by atoms with Gasteiger partial charge in [0.2, 0.25) is 10.0 Å². The lowest BCUT2D eigenvalue weighted by Gasteiger charge is -2.18. The Kier molecular flexibility index (Phi) is 4.82. The molecular weight excluding hydrogens is 354 g/mol. The highest BCUT2D eigenvalue weighted by Gasteiger charge is 2.32. The fourth-order valence-electron chi connectivity index (χ4n) is 2.81. The van der Waals surface area contributed by atoms with Crippen LogP contribution in [-0.2, 0) is 21.8 Å². The van der Waals surface area contributed by atoms with Crippen LogP contribution < -0.4 is 4.72 Å². The van der Waals surface area contributed by atoms with E-state index in [1.54, 1.807) is 10.9 Å². The molecule has 1 aromatic heterocycles. The highest BCUT2D eigenvalue weighted by molar-refractivity contribution is 7.89. The molecule has 130 valence electrons. The van der Waals surface area contributed by atoms with Crippen LogP contribution in [0.4, 0.5) is 0 Å². The molecule has 9 heteroatoms. The van der Waals surface area contributed by atoms with Gasteiger partial charge in [0.05, 0.1) is 17.3 Å². The van der Waals surface area contributed by atoms with Crippen molar-refractivity contribution < 1.29 is 18.3 Å². The maximum Gasteiger partial charge on any atom is 0.244 e. The minimum atomic E-state index is -3.86. The van der Waals surface area contributed by atoms with Crippen LogP contribution in [0.2, 0.25) is 5.02 Å². The normalized spacial score (nSPS) is 21.2. The SMILES string of the molecule is Cn1cc([C@@H]2OCC[C@H]2CNS(=O)(=O)c2cccc(Cl)c2O)cn1. The number of sulfonamides is 1. The van der Waals surface area contributed by atoms with Gasteiger partial charge in [0.25, 0.3) is 0 Å². The van der Waals surface area contributed by atoms with E-state index in [4.69, 9.17) is 16.3 Å². The van der Waals surface area contributed by atoms with E-state index in [0.29, 0.717) is 6.61 Å². The highest BCUT2D eigenvalue weighted by Crippen LogP contribution is 2.35. The summed E-state index contributed by atoms with van der Waals surface area (Å²) in [5.41, 5.74) is 0.921. The summed E-state index contributed by atoms with van der Waals surface area (Å²) >= 11 is 5.78. The van der Waals surface area contributed by atoms with Gasteiger partial charge in [-0.25, -0.2) is 13.1 Å². The molecule has 2 heterocycles. The van der Waals surface area contributed by atoms with Gasteiger partial charge in [-0.15, -0.1) is 0 Å². The van der Waals surface area contributed by atoms with Crippen molar-refractivity contribution in [1.29, 1.82) is 0 Å². The van der Waals surface area contributed by atoms with E-state index in [9.17, 15) is 13.5 Å². The first kappa shape index (κ1) is 17.2. The molecule has 7 nitrogen and oxygen atoms in total. The monoisotopic (exact) mass is 371 g/mol. The van der Waals surface area contributed by atoms with Crippen LogP contribution in [0, 0.1) is 5.92 Å². The summed E-state index contributed by atoms with van der Waals surface area (Å²) < 4.78 is 34.8. The van der Waals surface area contributed by atoms with Gasteiger partial charge in [-0.2, -0.15) is 5.10 Å². The number of phenols is 1. The van der Waals surface area contributed by atoms with E-state index >= 15 is 0 Å². The third kappa shape index (κ3) is 3.41. The summed E-state index contributed by atoms with van der Waals surface area (Å²) in [5, 5.41) is 14.0. The van der Waals surface area contributed by atoms with E-state index in [0.717, 1.165) is 12.0 Å². The predicted molar refractivity (Wildman–Crippen MR) is 88.3 cm³/mol. The van der Waals surface area contributed by atoms with E-state index in [1.807, 2.05) is 13.2 Å². The third-order valence-electron chi connectivity index (χ3n) is 4.04. The Labute approximate surface area is 145 Å². The number of hydrogen-bond donors (Lipinski definition) is 2. The van der Waals surface area contributed by atoms with Crippen LogP contribution in [0.15, 0.2) is 35.5 Å². The van der Waals surface area contributed by atoms with E-state index in [1.165, 1.54) is 18.2 Å². The molecule has 1 aliphatic rings. The summed E-state index contributed by atoms with van der Waals surface area (Å²) in [4.78, 5) is -0.230. The molecule has 1 saturated heterocycles. The molecule has 3 rings (SSSR count). The number of para-hydroxylation sites is 1. The van der Waals surface area contributed by atoms with Gasteiger partial charge in [0.1, 0.15) is 4.90 Å². The van der Waals surface area contributed by atoms with E-state index in [2.05, 4.69) is 9.82 Å². The van der Waals surface area contributed by atoms with Gasteiger partial charge in [0, 0.05) is 37.9 Å². The molecule has 0 saturated carbocycles. The molecule has 0 spiro atoms. The maximum absolute atomic E-state index is 12.4. The Hall–Kier alpha value is -1.61. The topological polar surface area (TPSA) is 93.5 Å². The van der Waals surface area contributed by atoms with Crippen molar-refractivity contribution in [3.8, 4) is 5.75 Å². The van der Waals surface area contributed by atoms with Crippen molar-refractivity contribution in [1.82, 2.24) is 14.5 Å². The average Bonchev–Trinajstić information content (AvgIpc) is 3.16. The zero-order valence-electron chi connectivity index (χ0n) is 13.0. The van der Waals surface area contributed by atoms with Crippen LogP contribution in [0.5, 0.6) is 5.75 Å². The number of nitrogens with zero attached hydrogens (tertiary/aromatic N) is 2. The van der Waals surface area contributed by atoms with E-state index in [-0.39, 0.29) is 28.5 Å². The smallest absolute Gasteiger partial charge is 0.244 e. The second-order valence-electron chi connectivity index (χ2n) is 5.73. The van der Waals surface area contributed by atoms with Crippen LogP contribution in [0.3, 0.4) is 0 Å². The molecule has 2 atom stereocenters. The number of aryl methyl sites for hydroxylation is 1. The molecule has 0 bridgehead atoms. The van der Waals surface area contributed by atoms with Crippen LogP contribution in [0.25, 0.3) is 0 Å². The molecule has 2 aromatic rings. The fourth-order valence-corrected chi connectivity index (χ4v) is 4.25. The predicted octanol–water partition coefficient (Wildman–Crippen LogP) is 1.84. The zero-order valence-corrected chi connectivity index (χ0v) is 14.6. The molecule has 2 N–H and O–H groups in total. The quantitative estimate of drug-likeness (QED) is 0.836. The summed E-state index contributed by atoms with van der Waals surface area (Å²) in [7, 11) is -2.04. The number of hydrogen-bond acceptors (Lipinski definition) is 5. The molecular formula is C15H18ClN3O4S. The summed E-state index contributed by atoms with van der Waals surface area (Å²) in [5.74, 6) is -0.455. The fraction of sp³-hybridized carbons (Fsp3) is 0.400. The molecule has 0 unspecified atom stereocenters. The highest BCUT2D eigenvalue weighted by atomic mass is 35.5. The van der Waals surface area contributed by atoms with Crippen molar-refractivity contribution in [3.05, 3.63) is 41.2 Å². The molecule has 1 aliphatic heterocycles. The summed E-state index contributed by atoms with van der Waals surface area (Å²) in [6.45, 7) is 0.766. The van der Waals surface area contributed by atoms with Crippen molar-refractivity contribution in [2.45, 2.75) is 17.4 Å². The molecule has 1 aromatic carbocycles. The van der Waals surface area contributed by atoms with Crippen LogP contribution >= 0.6 is 11.6 Å². The Morgan fingerprint density at radius 2 is 2.29 bits per heavy atom. The molecule has 0 amide bonds. The van der Waals surface area contributed by atoms with Gasteiger partial charge < -0.3 is 9.84 Å². The third-order valence-corrected chi connectivity index (χ3v) is 5.80. The van der Waals surface area contributed by atoms with Crippen molar-refractivity contribution in [3.63, 3.8) is 0 Å². The Morgan fingerprint density at radius 3 is 3.00 bits per heavy atom. The first-order chi connectivity index (χ1) is 11.4. The molecule has 24 heavy (non-hydrogen) atoms. The number of aromatic hydroxyl groups is 1. The van der Waals surface area contributed by atoms with Gasteiger partial charge in [-0.05, 0) is 18.6 Å². The standard InChI is InChI=1S/C15H18ClN3O4S/c1-19-9-11(7-17-19)15-10(5-6-23-15)8-18-24(21,22)13-4-2-3-12(16)14(13)20/h2-4,7,9-10,15,18,20H,5-6,8H2,1H3/t10-,15+/m0/s1. The summed E-state index contributed by atoms with van der Waals surface area (Å²) in [6, 6.07) is 4.22. The second kappa shape index (κ2) is 6.72. The summed E-state index contributed by atoms with van der Waals surface area (Å²) in [6.07, 6.45) is 4.12. The van der Waals surface area contributed by atoms with Gasteiger partial charge in [0.15, 0.2) is 5.75 Å². The Bertz CT molecular complexity index is 837. The molecule has 1 fully saturated rings. The second-order valence-corrected chi connectivity index (χ2v) is 7.87. The largest absolute Gasteiger partial charge is 0.505 e. The van der Waals surface area contributed by atoms with Crippen molar-refractivity contribution in [2.75, 3.05) is 13.2 Å². The number of phenolic OH excluding ortho intramolecular Hbond substituents is 1. The van der Waals surface area contributed by atoms with Crippen molar-refractivity contribution >= 4 is 21.6 Å². The lowest BCUT2D eigenvalue weighted by atomic mass is 9.98. The molecule has 0 aliphatic carbocycles. The van der Waals surface area contributed by atoms with E-state index < -0.39 is 15.8 Å². The Balaban J connectivity index is 1.73. The number of benzene rings is 1. The van der Waals surface area contributed by atoms with Gasteiger partial charge in [-0.1, -0.05) is 17.7 Å². The molecule has 0 radical (unpaired) electrons. The number of aromatic nitrogens is 2. The van der Waals surface area contributed by atoms with Crippen molar-refractivity contribution in [2.24, 2.45) is 13.0 Å². The zero-order chi connectivity index (χ0) is 17.3. The lowest BCUT2D eigenvalue weighted by Crippen LogP contribution is -2.30. The van der Waals surface area contributed by atoms with Gasteiger partial charge >= 0.3 is 0 Å². The average molecular weight is 372 g/mol. The Morgan fingerprint density at radius 1 is 1.50 bits per heavy atom. The van der Waals surface area contributed by atoms with Crippen LogP contribution in [-0.4, -0.2) is 36.5 Å². The minimum Gasteiger partial charge on any atom is -0.505 e. The first-order valence-electron chi connectivity index (χ1n) is 7.46. The number of ether oxygens (including phenoxy) is 1. The van der Waals surface area contributed by atoms with Crippen LogP contribution in [0.1, 0.15) is 18.1 Å². The number of nitrogens with one attached hydrogen (secondary N) is 1. The lowest BCUT2D eigenvalue weighted by molar-refractivity contribution is 0.0916. The minimum absolute atomic E-state index is 0.00434.